The summed E-state index contributed by atoms with van der Waals surface area (Å²) < 4.78 is 23.8. The first-order chi connectivity index (χ1) is 17.5. The van der Waals surface area contributed by atoms with Crippen molar-refractivity contribution in [3.05, 3.63) is 95.7 Å². The molecule has 0 saturated carbocycles. The first-order valence-corrected chi connectivity index (χ1v) is 14.6. The van der Waals surface area contributed by atoms with Crippen LogP contribution in [-0.2, 0) is 16.3 Å². The number of nitrogens with one attached hydrogen (secondary N) is 1. The van der Waals surface area contributed by atoms with Gasteiger partial charge in [0.2, 0.25) is 0 Å². The van der Waals surface area contributed by atoms with Gasteiger partial charge in [-0.3, -0.25) is 10.3 Å². The third-order valence-electron chi connectivity index (χ3n) is 6.71. The number of aliphatic hydroxyl groups excluding tert-OH is 1. The molecule has 0 saturated heterocycles. The van der Waals surface area contributed by atoms with Gasteiger partial charge in [0.25, 0.3) is 0 Å². The molecule has 194 valence electrons. The van der Waals surface area contributed by atoms with Crippen LogP contribution in [0, 0.1) is 0 Å². The Hall–Kier alpha value is -3.06. The van der Waals surface area contributed by atoms with Gasteiger partial charge in [-0.05, 0) is 78.8 Å². The number of aliphatic hydroxyl groups is 1. The lowest BCUT2D eigenvalue weighted by molar-refractivity contribution is 0.0978. The zero-order chi connectivity index (χ0) is 26.7. The number of benzene rings is 3. The lowest BCUT2D eigenvalue weighted by Gasteiger charge is -2.27. The minimum Gasteiger partial charge on any atom is -0.378 e. The smallest absolute Gasteiger partial charge is 0.175 e. The molecule has 2 atom stereocenters. The van der Waals surface area contributed by atoms with Crippen molar-refractivity contribution in [2.45, 2.75) is 63.1 Å². The van der Waals surface area contributed by atoms with Crippen molar-refractivity contribution in [2.75, 3.05) is 6.26 Å². The van der Waals surface area contributed by atoms with Gasteiger partial charge in [-0.15, -0.1) is 0 Å². The topological polar surface area (TPSA) is 79.3 Å². The summed E-state index contributed by atoms with van der Waals surface area (Å²) in [6, 6.07) is 23.8. The molecule has 0 aliphatic heterocycles. The highest BCUT2D eigenvalue weighted by atomic mass is 32.2. The maximum atomic E-state index is 11.9. The quantitative estimate of drug-likeness (QED) is 0.264. The average molecular weight is 517 g/mol. The third kappa shape index (κ3) is 6.45. The summed E-state index contributed by atoms with van der Waals surface area (Å²) in [5.41, 5.74) is 6.30. The molecule has 2 unspecified atom stereocenters. The maximum absolute atomic E-state index is 11.9. The van der Waals surface area contributed by atoms with Crippen molar-refractivity contribution in [3.8, 4) is 11.1 Å². The maximum Gasteiger partial charge on any atom is 0.175 e. The highest BCUT2D eigenvalue weighted by Gasteiger charge is 2.23. The second-order valence-electron chi connectivity index (χ2n) is 10.4. The summed E-state index contributed by atoms with van der Waals surface area (Å²) >= 11 is 0. The molecule has 0 bridgehead atoms. The summed E-state index contributed by atoms with van der Waals surface area (Å²) in [7, 11) is -3.26. The van der Waals surface area contributed by atoms with Crippen LogP contribution >= 0.6 is 0 Å². The molecule has 1 heterocycles. The van der Waals surface area contributed by atoms with Crippen molar-refractivity contribution in [1.29, 1.82) is 0 Å². The van der Waals surface area contributed by atoms with Crippen molar-refractivity contribution < 1.29 is 13.5 Å². The Kier molecular flexibility index (Phi) is 8.12. The molecule has 0 radical (unpaired) electrons. The number of hydrogen-bond donors (Lipinski definition) is 2. The minimum absolute atomic E-state index is 0.101. The molecule has 0 aliphatic carbocycles. The lowest BCUT2D eigenvalue weighted by Crippen LogP contribution is -2.40. The molecular weight excluding hydrogens is 480 g/mol. The van der Waals surface area contributed by atoms with Gasteiger partial charge >= 0.3 is 0 Å². The molecule has 6 heteroatoms. The van der Waals surface area contributed by atoms with E-state index in [1.165, 1.54) is 11.8 Å². The predicted molar refractivity (Wildman–Crippen MR) is 152 cm³/mol. The van der Waals surface area contributed by atoms with Gasteiger partial charge < -0.3 is 5.11 Å². The fourth-order valence-corrected chi connectivity index (χ4v) is 5.33. The number of nitrogens with zero attached hydrogens (tertiary/aromatic N) is 1. The fraction of sp³-hybridized carbons (Fsp3) is 0.323. The van der Waals surface area contributed by atoms with E-state index in [1.807, 2.05) is 50.4 Å². The molecule has 0 fully saturated rings. The van der Waals surface area contributed by atoms with Crippen LogP contribution in [0.4, 0.5) is 0 Å². The van der Waals surface area contributed by atoms with Crippen LogP contribution in [0.25, 0.3) is 22.0 Å². The normalized spacial score (nSPS) is 13.8. The van der Waals surface area contributed by atoms with E-state index in [0.29, 0.717) is 17.2 Å². The Morgan fingerprint density at radius 1 is 0.892 bits per heavy atom. The minimum atomic E-state index is -3.26. The summed E-state index contributed by atoms with van der Waals surface area (Å²) in [6.07, 6.45) is 2.81. The Balaban J connectivity index is 1.77. The molecule has 4 rings (SSSR count). The molecule has 3 aromatic carbocycles. The molecular formula is C31H36N2O3S. The van der Waals surface area contributed by atoms with Gasteiger partial charge in [-0.25, -0.2) is 8.42 Å². The van der Waals surface area contributed by atoms with Crippen LogP contribution in [-0.4, -0.2) is 37.0 Å². The first-order valence-electron chi connectivity index (χ1n) is 12.7. The number of pyridine rings is 1. The van der Waals surface area contributed by atoms with E-state index >= 15 is 0 Å². The monoisotopic (exact) mass is 516 g/mol. The number of hydrogen-bond acceptors (Lipinski definition) is 5. The highest BCUT2D eigenvalue weighted by Crippen LogP contribution is 2.34. The summed E-state index contributed by atoms with van der Waals surface area (Å²) in [4.78, 5) is 4.98. The number of fused-ring (bicyclic) bond motifs is 1. The molecule has 37 heavy (non-hydrogen) atoms. The van der Waals surface area contributed by atoms with E-state index in [4.69, 9.17) is 4.98 Å². The largest absolute Gasteiger partial charge is 0.378 e. The standard InChI is InChI=1S/C31H36N2O3S/c1-20(2)26-18-25-10-7-15-32-30(25)28(19-26)23-8-6-9-24(17-23)29(31(34)33-21(3)4)16-22-11-13-27(14-12-22)37(5,35)36/h6-15,17-21,29,31,33-34H,16H2,1-5H3. The van der Waals surface area contributed by atoms with E-state index in [0.717, 1.165) is 33.2 Å². The van der Waals surface area contributed by atoms with Gasteiger partial charge in [-0.1, -0.05) is 56.3 Å². The van der Waals surface area contributed by atoms with Crippen LogP contribution < -0.4 is 5.32 Å². The Morgan fingerprint density at radius 3 is 2.27 bits per heavy atom. The zero-order valence-corrected chi connectivity index (χ0v) is 23.0. The lowest BCUT2D eigenvalue weighted by atomic mass is 9.87. The van der Waals surface area contributed by atoms with Crippen LogP contribution in [0.2, 0.25) is 0 Å². The van der Waals surface area contributed by atoms with E-state index in [2.05, 4.69) is 49.5 Å². The second kappa shape index (κ2) is 11.1. The van der Waals surface area contributed by atoms with Gasteiger partial charge in [-0.2, -0.15) is 0 Å². The average Bonchev–Trinajstić information content (AvgIpc) is 2.86. The van der Waals surface area contributed by atoms with E-state index in [-0.39, 0.29) is 12.0 Å². The summed E-state index contributed by atoms with van der Waals surface area (Å²) in [6.45, 7) is 8.40. The van der Waals surface area contributed by atoms with Crippen molar-refractivity contribution in [1.82, 2.24) is 10.3 Å². The van der Waals surface area contributed by atoms with Crippen molar-refractivity contribution in [2.24, 2.45) is 0 Å². The molecule has 4 aromatic rings. The van der Waals surface area contributed by atoms with E-state index in [9.17, 15) is 13.5 Å². The van der Waals surface area contributed by atoms with E-state index in [1.54, 1.807) is 12.1 Å². The molecule has 0 spiro atoms. The Bertz CT molecular complexity index is 1480. The van der Waals surface area contributed by atoms with Gasteiger partial charge in [0, 0.05) is 35.4 Å². The Labute approximate surface area is 220 Å². The SMILES string of the molecule is CC(C)NC(O)C(Cc1ccc(S(C)(=O)=O)cc1)c1cccc(-c2cc(C(C)C)cc3cccnc23)c1. The zero-order valence-electron chi connectivity index (χ0n) is 22.1. The van der Waals surface area contributed by atoms with Gasteiger partial charge in [0.15, 0.2) is 9.84 Å². The van der Waals surface area contributed by atoms with Crippen molar-refractivity contribution >= 4 is 20.7 Å². The van der Waals surface area contributed by atoms with Crippen LogP contribution in [0.5, 0.6) is 0 Å². The fourth-order valence-electron chi connectivity index (χ4n) is 4.70. The molecule has 5 nitrogen and oxygen atoms in total. The predicted octanol–water partition coefficient (Wildman–Crippen LogP) is 6.07. The van der Waals surface area contributed by atoms with Gasteiger partial charge in [0.1, 0.15) is 6.23 Å². The highest BCUT2D eigenvalue weighted by molar-refractivity contribution is 7.90. The third-order valence-corrected chi connectivity index (χ3v) is 7.84. The number of sulfone groups is 1. The van der Waals surface area contributed by atoms with Gasteiger partial charge in [0.05, 0.1) is 10.4 Å². The van der Waals surface area contributed by atoms with E-state index < -0.39 is 16.1 Å². The molecule has 0 amide bonds. The van der Waals surface area contributed by atoms with Crippen LogP contribution in [0.3, 0.4) is 0 Å². The summed E-state index contributed by atoms with van der Waals surface area (Å²) in [5.74, 6) is 0.144. The molecule has 1 aromatic heterocycles. The van der Waals surface area contributed by atoms with Crippen LogP contribution in [0.1, 0.15) is 56.2 Å². The molecule has 0 aliphatic rings. The summed E-state index contributed by atoms with van der Waals surface area (Å²) in [5, 5.41) is 15.6. The molecule has 2 N–H and O–H groups in total. The number of rotatable bonds is 9. The van der Waals surface area contributed by atoms with Crippen molar-refractivity contribution in [3.63, 3.8) is 0 Å². The first kappa shape index (κ1) is 27.0. The number of aromatic nitrogens is 1. The Morgan fingerprint density at radius 2 is 1.62 bits per heavy atom. The van der Waals surface area contributed by atoms with Crippen LogP contribution in [0.15, 0.2) is 83.9 Å². The second-order valence-corrected chi connectivity index (χ2v) is 12.4.